The van der Waals surface area contributed by atoms with E-state index in [2.05, 4.69) is 34.2 Å². The van der Waals surface area contributed by atoms with Gasteiger partial charge in [0.15, 0.2) is 5.82 Å². The van der Waals surface area contributed by atoms with Crippen LogP contribution in [0.3, 0.4) is 0 Å². The second-order valence-corrected chi connectivity index (χ2v) is 4.89. The Kier molecular flexibility index (Phi) is 4.05. The molecule has 94 valence electrons. The van der Waals surface area contributed by atoms with E-state index < -0.39 is 0 Å². The maximum atomic E-state index is 6.16. The largest absolute Gasteiger partial charge is 0.355 e. The Morgan fingerprint density at radius 3 is 2.88 bits per heavy atom. The van der Waals surface area contributed by atoms with Gasteiger partial charge in [0, 0.05) is 19.6 Å². The molecule has 0 amide bonds. The second kappa shape index (κ2) is 5.54. The average Bonchev–Trinajstić information content (AvgIpc) is 2.25. The van der Waals surface area contributed by atoms with Gasteiger partial charge in [0.2, 0.25) is 5.95 Å². The molecule has 1 aromatic heterocycles. The van der Waals surface area contributed by atoms with Crippen LogP contribution in [0, 0.1) is 0 Å². The minimum Gasteiger partial charge on any atom is -0.355 e. The molecule has 1 N–H and O–H groups in total. The molecule has 1 aliphatic carbocycles. The van der Waals surface area contributed by atoms with E-state index in [4.69, 9.17) is 11.6 Å². The Morgan fingerprint density at radius 2 is 2.29 bits per heavy atom. The Bertz CT molecular complexity index is 379. The minimum atomic E-state index is 0.585. The molecule has 0 aliphatic heterocycles. The first-order valence-corrected chi connectivity index (χ1v) is 6.59. The topological polar surface area (TPSA) is 41.1 Å². The molecule has 4 nitrogen and oxygen atoms in total. The van der Waals surface area contributed by atoms with E-state index in [9.17, 15) is 0 Å². The zero-order chi connectivity index (χ0) is 12.3. The molecule has 0 aromatic carbocycles. The summed E-state index contributed by atoms with van der Waals surface area (Å²) in [7, 11) is 2.06. The highest BCUT2D eigenvalue weighted by atomic mass is 35.5. The van der Waals surface area contributed by atoms with Crippen molar-refractivity contribution in [3.8, 4) is 0 Å². The molecule has 0 bridgehead atoms. The number of nitrogens with zero attached hydrogens (tertiary/aromatic N) is 3. The van der Waals surface area contributed by atoms with Gasteiger partial charge in [-0.05, 0) is 25.7 Å². The molecule has 17 heavy (non-hydrogen) atoms. The van der Waals surface area contributed by atoms with Crippen molar-refractivity contribution in [1.82, 2.24) is 9.97 Å². The summed E-state index contributed by atoms with van der Waals surface area (Å²) in [6.07, 6.45) is 6.50. The Labute approximate surface area is 107 Å². The standard InChI is InChI=1S/C12H19ClN4/c1-3-7-14-12-15-8-10(13)11(16-12)17(2)9-5-4-6-9/h8-9H,3-7H2,1-2H3,(H,14,15,16). The van der Waals surface area contributed by atoms with Gasteiger partial charge in [0.25, 0.3) is 0 Å². The van der Waals surface area contributed by atoms with E-state index in [1.54, 1.807) is 6.20 Å². The van der Waals surface area contributed by atoms with Gasteiger partial charge in [-0.3, -0.25) is 0 Å². The van der Waals surface area contributed by atoms with E-state index in [1.165, 1.54) is 19.3 Å². The van der Waals surface area contributed by atoms with Gasteiger partial charge in [-0.15, -0.1) is 0 Å². The number of aromatic nitrogens is 2. The van der Waals surface area contributed by atoms with Gasteiger partial charge >= 0.3 is 0 Å². The van der Waals surface area contributed by atoms with Crippen molar-refractivity contribution in [2.24, 2.45) is 0 Å². The summed E-state index contributed by atoms with van der Waals surface area (Å²) in [5, 5.41) is 3.81. The molecule has 0 atom stereocenters. The van der Waals surface area contributed by atoms with Crippen molar-refractivity contribution in [1.29, 1.82) is 0 Å². The summed E-state index contributed by atoms with van der Waals surface area (Å²) in [6, 6.07) is 0.585. The zero-order valence-electron chi connectivity index (χ0n) is 10.4. The Balaban J connectivity index is 2.13. The van der Waals surface area contributed by atoms with Crippen LogP contribution in [0.5, 0.6) is 0 Å². The molecule has 0 spiro atoms. The molecular weight excluding hydrogens is 236 g/mol. The van der Waals surface area contributed by atoms with Gasteiger partial charge in [-0.25, -0.2) is 4.98 Å². The lowest BCUT2D eigenvalue weighted by Crippen LogP contribution is -2.37. The lowest BCUT2D eigenvalue weighted by Gasteiger charge is -2.35. The van der Waals surface area contributed by atoms with Crippen molar-refractivity contribution >= 4 is 23.4 Å². The number of nitrogens with one attached hydrogen (secondary N) is 1. The van der Waals surface area contributed by atoms with Crippen molar-refractivity contribution in [3.63, 3.8) is 0 Å². The first-order chi connectivity index (χ1) is 8.22. The predicted octanol–water partition coefficient (Wildman–Crippen LogP) is 2.94. The third-order valence-electron chi connectivity index (χ3n) is 3.22. The molecule has 1 aromatic rings. The summed E-state index contributed by atoms with van der Waals surface area (Å²) in [4.78, 5) is 10.8. The third-order valence-corrected chi connectivity index (χ3v) is 3.48. The first kappa shape index (κ1) is 12.4. The number of hydrogen-bond acceptors (Lipinski definition) is 4. The van der Waals surface area contributed by atoms with Gasteiger partial charge in [0.1, 0.15) is 5.02 Å². The summed E-state index contributed by atoms with van der Waals surface area (Å²) in [5.74, 6) is 1.50. The van der Waals surface area contributed by atoms with Gasteiger partial charge < -0.3 is 10.2 Å². The summed E-state index contributed by atoms with van der Waals surface area (Å²) in [6.45, 7) is 3.00. The molecule has 0 unspecified atom stereocenters. The lowest BCUT2D eigenvalue weighted by atomic mass is 9.92. The molecule has 1 saturated carbocycles. The predicted molar refractivity (Wildman–Crippen MR) is 71.9 cm³/mol. The summed E-state index contributed by atoms with van der Waals surface area (Å²) >= 11 is 6.16. The van der Waals surface area contributed by atoms with Crippen LogP contribution in [-0.2, 0) is 0 Å². The molecule has 0 radical (unpaired) electrons. The maximum Gasteiger partial charge on any atom is 0.224 e. The molecule has 1 aliphatic rings. The third kappa shape index (κ3) is 2.80. The highest BCUT2D eigenvalue weighted by Gasteiger charge is 2.24. The van der Waals surface area contributed by atoms with Crippen LogP contribution >= 0.6 is 11.6 Å². The quantitative estimate of drug-likeness (QED) is 0.877. The van der Waals surface area contributed by atoms with E-state index in [0.29, 0.717) is 17.0 Å². The normalized spacial score (nSPS) is 15.5. The van der Waals surface area contributed by atoms with Crippen molar-refractivity contribution in [3.05, 3.63) is 11.2 Å². The monoisotopic (exact) mass is 254 g/mol. The van der Waals surface area contributed by atoms with Crippen molar-refractivity contribution < 1.29 is 0 Å². The van der Waals surface area contributed by atoms with E-state index >= 15 is 0 Å². The number of hydrogen-bond donors (Lipinski definition) is 1. The molecule has 0 saturated heterocycles. The van der Waals surface area contributed by atoms with E-state index in [-0.39, 0.29) is 0 Å². The molecule has 2 rings (SSSR count). The maximum absolute atomic E-state index is 6.16. The molecular formula is C12H19ClN4. The van der Waals surface area contributed by atoms with E-state index in [0.717, 1.165) is 18.8 Å². The molecule has 1 heterocycles. The summed E-state index contributed by atoms with van der Waals surface area (Å²) < 4.78 is 0. The van der Waals surface area contributed by atoms with Crippen LogP contribution < -0.4 is 10.2 Å². The smallest absolute Gasteiger partial charge is 0.224 e. The fourth-order valence-corrected chi connectivity index (χ4v) is 2.10. The Hall–Kier alpha value is -1.03. The van der Waals surface area contributed by atoms with Crippen LogP contribution in [0.4, 0.5) is 11.8 Å². The summed E-state index contributed by atoms with van der Waals surface area (Å²) in [5.41, 5.74) is 0. The molecule has 5 heteroatoms. The van der Waals surface area contributed by atoms with Crippen LogP contribution in [0.25, 0.3) is 0 Å². The van der Waals surface area contributed by atoms with E-state index in [1.807, 2.05) is 0 Å². The second-order valence-electron chi connectivity index (χ2n) is 4.49. The van der Waals surface area contributed by atoms with Crippen LogP contribution in [-0.4, -0.2) is 29.6 Å². The fraction of sp³-hybridized carbons (Fsp3) is 0.667. The fourth-order valence-electron chi connectivity index (χ4n) is 1.87. The number of anilines is 2. The average molecular weight is 255 g/mol. The van der Waals surface area contributed by atoms with Crippen LogP contribution in [0.1, 0.15) is 32.6 Å². The van der Waals surface area contributed by atoms with Gasteiger partial charge in [0.05, 0.1) is 6.20 Å². The van der Waals surface area contributed by atoms with Crippen LogP contribution in [0.15, 0.2) is 6.20 Å². The lowest BCUT2D eigenvalue weighted by molar-refractivity contribution is 0.399. The SMILES string of the molecule is CCCNc1ncc(Cl)c(N(C)C2CCC2)n1. The van der Waals surface area contributed by atoms with Gasteiger partial charge in [-0.2, -0.15) is 4.98 Å². The van der Waals surface area contributed by atoms with Crippen molar-refractivity contribution in [2.75, 3.05) is 23.8 Å². The van der Waals surface area contributed by atoms with Crippen molar-refractivity contribution in [2.45, 2.75) is 38.6 Å². The minimum absolute atomic E-state index is 0.585. The zero-order valence-corrected chi connectivity index (χ0v) is 11.2. The highest BCUT2D eigenvalue weighted by molar-refractivity contribution is 6.32. The first-order valence-electron chi connectivity index (χ1n) is 6.21. The highest BCUT2D eigenvalue weighted by Crippen LogP contribution is 2.31. The van der Waals surface area contributed by atoms with Gasteiger partial charge in [-0.1, -0.05) is 18.5 Å². The number of rotatable bonds is 5. The van der Waals surface area contributed by atoms with Crippen LogP contribution in [0.2, 0.25) is 5.02 Å². The Morgan fingerprint density at radius 1 is 1.53 bits per heavy atom. The number of halogens is 1. The molecule has 1 fully saturated rings.